The molecule has 5 atom stereocenters. The zero-order chi connectivity index (χ0) is 39.6. The topological polar surface area (TPSA) is 196 Å². The van der Waals surface area contributed by atoms with Crippen LogP contribution in [0.25, 0.3) is 0 Å². The van der Waals surface area contributed by atoms with Gasteiger partial charge in [-0.05, 0) is 67.9 Å². The summed E-state index contributed by atoms with van der Waals surface area (Å²) in [6, 6.07) is 4.72. The van der Waals surface area contributed by atoms with Crippen molar-refractivity contribution in [2.75, 3.05) is 18.4 Å². The molecule has 56 heavy (non-hydrogen) atoms. The van der Waals surface area contributed by atoms with E-state index < -0.39 is 74.2 Å². The monoisotopic (exact) mass is 793 g/mol. The van der Waals surface area contributed by atoms with E-state index in [9.17, 15) is 36.8 Å². The van der Waals surface area contributed by atoms with Gasteiger partial charge in [0, 0.05) is 31.5 Å². The first-order valence-electron chi connectivity index (χ1n) is 19.4. The van der Waals surface area contributed by atoms with Gasteiger partial charge in [-0.25, -0.2) is 22.3 Å². The summed E-state index contributed by atoms with van der Waals surface area (Å²) in [7, 11) is -4.64. The molecule has 2 saturated carbocycles. The number of fused-ring (bicyclic) bond motifs is 3. The number of hydrogen-bond acceptors (Lipinski definition) is 10. The Hall–Kier alpha value is -5.06. The van der Waals surface area contributed by atoms with Gasteiger partial charge in [0.25, 0.3) is 15.9 Å². The highest BCUT2D eigenvalue weighted by Crippen LogP contribution is 2.45. The van der Waals surface area contributed by atoms with E-state index in [0.29, 0.717) is 32.2 Å². The van der Waals surface area contributed by atoms with Crippen molar-refractivity contribution in [3.8, 4) is 0 Å². The first-order valence-corrected chi connectivity index (χ1v) is 20.9. The summed E-state index contributed by atoms with van der Waals surface area (Å²) in [5.41, 5.74) is -0.000556. The highest BCUT2D eigenvalue weighted by atomic mass is 32.2. The first-order chi connectivity index (χ1) is 26.9. The van der Waals surface area contributed by atoms with Crippen LogP contribution in [-0.2, 0) is 47.0 Å². The molecular formula is C39H48FN7O8S. The number of pyridine rings is 1. The third kappa shape index (κ3) is 8.66. The molecule has 300 valence electrons. The summed E-state index contributed by atoms with van der Waals surface area (Å²) >= 11 is 0. The van der Waals surface area contributed by atoms with E-state index >= 15 is 0 Å². The second kappa shape index (κ2) is 16.2. The van der Waals surface area contributed by atoms with Gasteiger partial charge < -0.3 is 25.6 Å². The second-order valence-corrected chi connectivity index (χ2v) is 17.2. The van der Waals surface area contributed by atoms with E-state index in [4.69, 9.17) is 4.74 Å². The Kier molecular flexibility index (Phi) is 11.3. The lowest BCUT2D eigenvalue weighted by molar-refractivity contribution is -0.142. The summed E-state index contributed by atoms with van der Waals surface area (Å²) in [4.78, 5) is 75.9. The molecule has 7 rings (SSSR count). The van der Waals surface area contributed by atoms with Gasteiger partial charge in [0.15, 0.2) is 0 Å². The standard InChI is InChI=1S/C39H48FN7O8S/c1-2-26-20-39(26)37(51)45-56(53,54)33-18-27(40)13-14-29(33)41-15-7-5-3-4-6-10-30(43-34(48)17-24-11-12-24)36(50)47-22-28(19-32(47)35(49)44-39)55-38(52)46-21-25-9-8-16-42-31(25)23-46/h2,8-9,13-14,16,18,24,26,28,30,32,41H,1,3-7,10-12,15,17,19-23H2,(H,43,48)(H,44,49)(H,45,51)/t26-,28-,30+,32+,39-/m1/s1. The van der Waals surface area contributed by atoms with Crippen LogP contribution in [0.15, 0.2) is 54.1 Å². The molecule has 2 aromatic rings. The number of hydrogen-bond donors (Lipinski definition) is 4. The molecule has 2 aliphatic carbocycles. The van der Waals surface area contributed by atoms with Crippen molar-refractivity contribution in [3.63, 3.8) is 0 Å². The fourth-order valence-corrected chi connectivity index (χ4v) is 9.15. The molecule has 15 nitrogen and oxygen atoms in total. The predicted octanol–water partition coefficient (Wildman–Crippen LogP) is 3.26. The minimum Gasteiger partial charge on any atom is -0.444 e. The van der Waals surface area contributed by atoms with Crippen LogP contribution in [-0.4, -0.2) is 89.7 Å². The first kappa shape index (κ1) is 39.2. The number of halogens is 1. The Morgan fingerprint density at radius 3 is 2.61 bits per heavy atom. The lowest BCUT2D eigenvalue weighted by atomic mass is 10.0. The van der Waals surface area contributed by atoms with E-state index in [1.54, 1.807) is 12.3 Å². The molecule has 5 amide bonds. The van der Waals surface area contributed by atoms with Crippen molar-refractivity contribution in [1.82, 2.24) is 30.1 Å². The van der Waals surface area contributed by atoms with Gasteiger partial charge in [-0.3, -0.25) is 29.1 Å². The summed E-state index contributed by atoms with van der Waals surface area (Å²) in [5, 5.41) is 8.69. The van der Waals surface area contributed by atoms with Crippen LogP contribution in [0.1, 0.15) is 81.9 Å². The molecule has 1 aromatic heterocycles. The maximum atomic E-state index is 14.5. The lowest BCUT2D eigenvalue weighted by Crippen LogP contribution is -2.58. The number of nitrogens with one attached hydrogen (secondary N) is 4. The van der Waals surface area contributed by atoms with Crippen LogP contribution in [0.5, 0.6) is 0 Å². The summed E-state index contributed by atoms with van der Waals surface area (Å²) < 4.78 is 49.7. The molecule has 0 bridgehead atoms. The molecule has 17 heteroatoms. The van der Waals surface area contributed by atoms with Crippen LogP contribution < -0.4 is 20.7 Å². The highest BCUT2D eigenvalue weighted by molar-refractivity contribution is 7.90. The van der Waals surface area contributed by atoms with Crippen molar-refractivity contribution >= 4 is 45.4 Å². The van der Waals surface area contributed by atoms with Gasteiger partial charge in [-0.2, -0.15) is 0 Å². The molecule has 0 radical (unpaired) electrons. The Balaban J connectivity index is 1.16. The Morgan fingerprint density at radius 2 is 1.86 bits per heavy atom. The predicted molar refractivity (Wildman–Crippen MR) is 200 cm³/mol. The van der Waals surface area contributed by atoms with Crippen molar-refractivity contribution in [2.45, 2.75) is 112 Å². The van der Waals surface area contributed by atoms with Crippen LogP contribution >= 0.6 is 0 Å². The van der Waals surface area contributed by atoms with Crippen LogP contribution in [0.4, 0.5) is 14.9 Å². The Morgan fingerprint density at radius 1 is 1.07 bits per heavy atom. The van der Waals surface area contributed by atoms with Gasteiger partial charge in [-0.1, -0.05) is 37.8 Å². The Bertz CT molecular complexity index is 1990. The molecule has 5 aliphatic rings. The maximum Gasteiger partial charge on any atom is 0.410 e. The third-order valence-electron chi connectivity index (χ3n) is 11.4. The number of anilines is 1. The summed E-state index contributed by atoms with van der Waals surface area (Å²) in [5.74, 6) is -3.78. The van der Waals surface area contributed by atoms with Crippen LogP contribution in [0.2, 0.25) is 0 Å². The highest BCUT2D eigenvalue weighted by Gasteiger charge is 2.61. The van der Waals surface area contributed by atoms with Gasteiger partial charge in [0.05, 0.1) is 31.0 Å². The molecule has 1 spiro atoms. The number of aromatic nitrogens is 1. The fraction of sp³-hybridized carbons (Fsp3) is 0.538. The van der Waals surface area contributed by atoms with E-state index in [1.165, 1.54) is 21.9 Å². The second-order valence-electron chi connectivity index (χ2n) is 15.5. The van der Waals surface area contributed by atoms with Gasteiger partial charge in [0.1, 0.15) is 34.4 Å². The van der Waals surface area contributed by atoms with E-state index in [2.05, 4.69) is 27.5 Å². The number of rotatable bonds is 5. The molecule has 3 fully saturated rings. The molecular weight excluding hydrogens is 746 g/mol. The number of carbonyl (C=O) groups is 5. The number of nitrogens with zero attached hydrogens (tertiary/aromatic N) is 3. The smallest absolute Gasteiger partial charge is 0.410 e. The molecule has 4 N–H and O–H groups in total. The minimum atomic E-state index is -4.64. The fourth-order valence-electron chi connectivity index (χ4n) is 7.91. The van der Waals surface area contributed by atoms with Crippen LogP contribution in [0, 0.1) is 17.7 Å². The number of carbonyl (C=O) groups excluding carboxylic acids is 5. The van der Waals surface area contributed by atoms with E-state index in [0.717, 1.165) is 55.5 Å². The quantitative estimate of drug-likeness (QED) is 0.327. The summed E-state index contributed by atoms with van der Waals surface area (Å²) in [6.45, 7) is 4.51. The van der Waals surface area contributed by atoms with Crippen molar-refractivity contribution in [1.29, 1.82) is 0 Å². The largest absolute Gasteiger partial charge is 0.444 e. The molecule has 1 aromatic carbocycles. The zero-order valence-corrected chi connectivity index (χ0v) is 32.0. The van der Waals surface area contributed by atoms with Gasteiger partial charge >= 0.3 is 6.09 Å². The van der Waals surface area contributed by atoms with E-state index in [-0.39, 0.29) is 50.0 Å². The maximum absolute atomic E-state index is 14.5. The number of amides is 5. The van der Waals surface area contributed by atoms with Gasteiger partial charge in [-0.15, -0.1) is 6.58 Å². The lowest BCUT2D eigenvalue weighted by Gasteiger charge is -2.30. The number of ether oxygens (including phenoxy) is 1. The normalized spacial score (nSPS) is 28.1. The van der Waals surface area contributed by atoms with E-state index in [1.807, 2.05) is 10.8 Å². The van der Waals surface area contributed by atoms with Gasteiger partial charge in [0.2, 0.25) is 17.7 Å². The average molecular weight is 794 g/mol. The third-order valence-corrected chi connectivity index (χ3v) is 12.7. The molecule has 0 unspecified atom stereocenters. The number of sulfonamides is 1. The van der Waals surface area contributed by atoms with Crippen LogP contribution in [0.3, 0.4) is 0 Å². The van der Waals surface area contributed by atoms with Crippen molar-refractivity contribution in [3.05, 3.63) is 66.3 Å². The molecule has 3 aliphatic heterocycles. The van der Waals surface area contributed by atoms with Crippen molar-refractivity contribution in [2.24, 2.45) is 11.8 Å². The average Bonchev–Trinajstić information content (AvgIpc) is 4.02. The number of benzene rings is 1. The Labute approximate surface area is 325 Å². The molecule has 4 heterocycles. The zero-order valence-electron chi connectivity index (χ0n) is 31.1. The van der Waals surface area contributed by atoms with Crippen molar-refractivity contribution < 1.29 is 41.5 Å². The SMILES string of the molecule is C=C[C@@H]1C[C@@]12NC(=O)[C@@H]1C[C@@H](OC(=O)N3Cc4cccnc4C3)CN1C(=O)[C@@H](NC(=O)CC1CC1)CCCCCCCNc1ccc(F)cc1S(=O)(=O)NC2=O. The minimum absolute atomic E-state index is 0.0142. The summed E-state index contributed by atoms with van der Waals surface area (Å²) in [6.07, 6.45) is 7.50. The molecule has 1 saturated heterocycles.